The van der Waals surface area contributed by atoms with Gasteiger partial charge in [-0.05, 0) is 36.8 Å². The molecular weight excluding hydrogens is 381 g/mol. The molecule has 1 atom stereocenters. The van der Waals surface area contributed by atoms with E-state index in [1.165, 1.54) is 33.9 Å². The first-order valence-electron chi connectivity index (χ1n) is 8.47. The van der Waals surface area contributed by atoms with Crippen LogP contribution in [0.2, 0.25) is 0 Å². The second kappa shape index (κ2) is 6.07. The number of amides is 1. The molecule has 2 aromatic heterocycles. The van der Waals surface area contributed by atoms with Gasteiger partial charge in [-0.1, -0.05) is 35.1 Å². The number of nitrogens with zero attached hydrogens (tertiary/aromatic N) is 3. The van der Waals surface area contributed by atoms with Crippen molar-refractivity contribution in [2.24, 2.45) is 0 Å². The largest absolute Gasteiger partial charge is 0.450 e. The zero-order chi connectivity index (χ0) is 19.4. The van der Waals surface area contributed by atoms with Crippen LogP contribution in [0.15, 0.2) is 57.2 Å². The lowest BCUT2D eigenvalue weighted by molar-refractivity contribution is 0.0970. The van der Waals surface area contributed by atoms with E-state index < -0.39 is 17.8 Å². The van der Waals surface area contributed by atoms with E-state index in [1.54, 1.807) is 24.3 Å². The standard InChI is InChI=1S/C20H12FN3O3S/c1-10-2-7-14-13(8-10)17(25)15-16(11-3-5-12(21)6-4-11)24(19(26)18(15)27-14)20-23-22-9-28-20/h2-9,16H,1H3. The summed E-state index contributed by atoms with van der Waals surface area (Å²) in [7, 11) is 0. The number of hydrogen-bond acceptors (Lipinski definition) is 6. The van der Waals surface area contributed by atoms with Gasteiger partial charge in [-0.15, -0.1) is 10.2 Å². The van der Waals surface area contributed by atoms with Crippen LogP contribution in [0.25, 0.3) is 11.0 Å². The molecule has 28 heavy (non-hydrogen) atoms. The second-order valence-corrected chi connectivity index (χ2v) is 7.34. The Bertz CT molecular complexity index is 1280. The zero-order valence-electron chi connectivity index (χ0n) is 14.5. The fourth-order valence-electron chi connectivity index (χ4n) is 3.52. The van der Waals surface area contributed by atoms with E-state index in [4.69, 9.17) is 4.42 Å². The Balaban J connectivity index is 1.83. The van der Waals surface area contributed by atoms with Crippen molar-refractivity contribution < 1.29 is 13.6 Å². The quantitative estimate of drug-likeness (QED) is 0.517. The van der Waals surface area contributed by atoms with Gasteiger partial charge < -0.3 is 4.42 Å². The summed E-state index contributed by atoms with van der Waals surface area (Å²) < 4.78 is 19.3. The van der Waals surface area contributed by atoms with Crippen molar-refractivity contribution in [1.29, 1.82) is 0 Å². The molecule has 2 aromatic carbocycles. The highest BCUT2D eigenvalue weighted by Gasteiger charge is 2.44. The number of anilines is 1. The van der Waals surface area contributed by atoms with Gasteiger partial charge in [0, 0.05) is 0 Å². The molecule has 0 saturated carbocycles. The minimum atomic E-state index is -0.766. The molecule has 0 aliphatic carbocycles. The first-order valence-corrected chi connectivity index (χ1v) is 9.35. The SMILES string of the molecule is Cc1ccc2oc3c(c(=O)c2c1)C(c1ccc(F)cc1)N(c1nncs1)C3=O. The topological polar surface area (TPSA) is 76.3 Å². The minimum absolute atomic E-state index is 0.0223. The molecule has 3 heterocycles. The lowest BCUT2D eigenvalue weighted by atomic mass is 9.98. The number of carbonyl (C=O) groups is 1. The fraction of sp³-hybridized carbons (Fsp3) is 0.100. The zero-order valence-corrected chi connectivity index (χ0v) is 15.4. The number of aromatic nitrogens is 2. The monoisotopic (exact) mass is 393 g/mol. The Kier molecular flexibility index (Phi) is 3.63. The Morgan fingerprint density at radius 2 is 1.93 bits per heavy atom. The number of aryl methyl sites for hydroxylation is 1. The Hall–Kier alpha value is -3.39. The average molecular weight is 393 g/mol. The highest BCUT2D eigenvalue weighted by Crippen LogP contribution is 2.41. The molecule has 0 saturated heterocycles. The van der Waals surface area contributed by atoms with E-state index in [2.05, 4.69) is 10.2 Å². The van der Waals surface area contributed by atoms with E-state index in [0.717, 1.165) is 5.56 Å². The lowest BCUT2D eigenvalue weighted by Crippen LogP contribution is -2.29. The molecule has 138 valence electrons. The van der Waals surface area contributed by atoms with Gasteiger partial charge in [0.25, 0.3) is 5.91 Å². The summed E-state index contributed by atoms with van der Waals surface area (Å²) in [4.78, 5) is 27.9. The second-order valence-electron chi connectivity index (χ2n) is 6.52. The molecule has 6 nitrogen and oxygen atoms in total. The van der Waals surface area contributed by atoms with Crippen LogP contribution in [0.5, 0.6) is 0 Å². The summed E-state index contributed by atoms with van der Waals surface area (Å²) in [6.07, 6.45) is 0. The molecule has 0 fully saturated rings. The Morgan fingerprint density at radius 1 is 1.14 bits per heavy atom. The predicted molar refractivity (Wildman–Crippen MR) is 102 cm³/mol. The van der Waals surface area contributed by atoms with Crippen molar-refractivity contribution in [3.8, 4) is 0 Å². The maximum Gasteiger partial charge on any atom is 0.297 e. The smallest absolute Gasteiger partial charge is 0.297 e. The molecule has 8 heteroatoms. The first kappa shape index (κ1) is 16.8. The summed E-state index contributed by atoms with van der Waals surface area (Å²) in [5.41, 5.74) is 3.29. The van der Waals surface area contributed by atoms with Crippen molar-refractivity contribution in [3.05, 3.63) is 86.5 Å². The van der Waals surface area contributed by atoms with Gasteiger partial charge in [-0.25, -0.2) is 4.39 Å². The van der Waals surface area contributed by atoms with Crippen LogP contribution in [-0.2, 0) is 0 Å². The average Bonchev–Trinajstić information content (AvgIpc) is 3.30. The normalized spacial score (nSPS) is 16.0. The highest BCUT2D eigenvalue weighted by atomic mass is 32.1. The summed E-state index contributed by atoms with van der Waals surface area (Å²) in [6, 6.07) is 10.2. The number of rotatable bonds is 2. The van der Waals surface area contributed by atoms with Crippen LogP contribution in [0, 0.1) is 12.7 Å². The lowest BCUT2D eigenvalue weighted by Gasteiger charge is -2.21. The molecule has 0 N–H and O–H groups in total. The van der Waals surface area contributed by atoms with Gasteiger partial charge >= 0.3 is 0 Å². The number of halogens is 1. The molecule has 1 aliphatic rings. The van der Waals surface area contributed by atoms with Gasteiger partial charge in [0.2, 0.25) is 10.9 Å². The number of carbonyl (C=O) groups excluding carboxylic acids is 1. The maximum absolute atomic E-state index is 13.5. The van der Waals surface area contributed by atoms with Crippen LogP contribution in [0.1, 0.15) is 33.3 Å². The van der Waals surface area contributed by atoms with Gasteiger partial charge in [0.1, 0.15) is 16.9 Å². The van der Waals surface area contributed by atoms with Crippen molar-refractivity contribution in [2.75, 3.05) is 4.90 Å². The van der Waals surface area contributed by atoms with Gasteiger partial charge in [0.05, 0.1) is 17.0 Å². The summed E-state index contributed by atoms with van der Waals surface area (Å²) in [6.45, 7) is 1.88. The van der Waals surface area contributed by atoms with Gasteiger partial charge in [0.15, 0.2) is 5.43 Å². The molecule has 4 aromatic rings. The third-order valence-electron chi connectivity index (χ3n) is 4.77. The highest BCUT2D eigenvalue weighted by molar-refractivity contribution is 7.13. The van der Waals surface area contributed by atoms with Crippen molar-refractivity contribution in [1.82, 2.24) is 10.2 Å². The third-order valence-corrected chi connectivity index (χ3v) is 5.45. The summed E-state index contributed by atoms with van der Waals surface area (Å²) in [5, 5.41) is 8.53. The molecular formula is C20H12FN3O3S. The number of hydrogen-bond donors (Lipinski definition) is 0. The van der Waals surface area contributed by atoms with E-state index in [9.17, 15) is 14.0 Å². The Labute approximate surface area is 161 Å². The predicted octanol–water partition coefficient (Wildman–Crippen LogP) is 3.84. The molecule has 1 aliphatic heterocycles. The van der Waals surface area contributed by atoms with Crippen LogP contribution in [0.3, 0.4) is 0 Å². The molecule has 5 rings (SSSR count). The first-order chi connectivity index (χ1) is 13.5. The van der Waals surface area contributed by atoms with E-state index >= 15 is 0 Å². The van der Waals surface area contributed by atoms with Crippen LogP contribution >= 0.6 is 11.3 Å². The molecule has 0 radical (unpaired) electrons. The van der Waals surface area contributed by atoms with Gasteiger partial charge in [-0.3, -0.25) is 14.5 Å². The Morgan fingerprint density at radius 3 is 2.64 bits per heavy atom. The summed E-state index contributed by atoms with van der Waals surface area (Å²) in [5.74, 6) is -0.900. The number of fused-ring (bicyclic) bond motifs is 2. The number of benzene rings is 2. The van der Waals surface area contributed by atoms with Crippen molar-refractivity contribution in [3.63, 3.8) is 0 Å². The van der Waals surface area contributed by atoms with Crippen LogP contribution in [0.4, 0.5) is 9.52 Å². The molecule has 1 unspecified atom stereocenters. The van der Waals surface area contributed by atoms with E-state index in [0.29, 0.717) is 21.7 Å². The molecule has 1 amide bonds. The fourth-order valence-corrected chi connectivity index (χ4v) is 4.10. The van der Waals surface area contributed by atoms with Crippen LogP contribution < -0.4 is 10.3 Å². The van der Waals surface area contributed by atoms with E-state index in [1.807, 2.05) is 13.0 Å². The van der Waals surface area contributed by atoms with E-state index in [-0.39, 0.29) is 16.8 Å². The maximum atomic E-state index is 13.5. The summed E-state index contributed by atoms with van der Waals surface area (Å²) >= 11 is 1.17. The third kappa shape index (κ3) is 2.38. The van der Waals surface area contributed by atoms with Gasteiger partial charge in [-0.2, -0.15) is 0 Å². The molecule has 0 spiro atoms. The molecule has 0 bridgehead atoms. The van der Waals surface area contributed by atoms with Crippen LogP contribution in [-0.4, -0.2) is 16.1 Å². The van der Waals surface area contributed by atoms with Crippen molar-refractivity contribution in [2.45, 2.75) is 13.0 Å². The van der Waals surface area contributed by atoms with Crippen molar-refractivity contribution >= 4 is 33.3 Å². The minimum Gasteiger partial charge on any atom is -0.450 e.